The largest absolute Gasteiger partial charge is 1.00 e. The molecule has 4 nitrogen and oxygen atoms in total. The second kappa shape index (κ2) is 5.71. The molecule has 0 bridgehead atoms. The fourth-order valence-corrected chi connectivity index (χ4v) is 0.768. The number of amides is 1. The van der Waals surface area contributed by atoms with E-state index < -0.39 is 6.10 Å². The molecular formula is C7H17IN2O2. The van der Waals surface area contributed by atoms with E-state index in [1.165, 1.54) is 7.05 Å². The van der Waals surface area contributed by atoms with E-state index in [1.807, 2.05) is 21.1 Å². The van der Waals surface area contributed by atoms with Gasteiger partial charge in [0.15, 0.2) is 6.10 Å². The molecule has 5 heteroatoms. The SMILES string of the molecule is CNC(=O)C(O)C[N+](C)(C)C.[I-]. The van der Waals surface area contributed by atoms with Crippen LogP contribution >= 0.6 is 0 Å². The van der Waals surface area contributed by atoms with Gasteiger partial charge < -0.3 is 38.9 Å². The standard InChI is InChI=1S/C7H16N2O2.HI/c1-8-7(11)6(10)5-9(2,3)4;/h6,10H,5H2,1-4H3;1H. The van der Waals surface area contributed by atoms with Crippen LogP contribution in [0, 0.1) is 0 Å². The van der Waals surface area contributed by atoms with Crippen molar-refractivity contribution in [2.75, 3.05) is 34.7 Å². The predicted octanol–water partition coefficient (Wildman–Crippen LogP) is -4.20. The average Bonchev–Trinajstić information content (AvgIpc) is 1.82. The molecule has 0 aromatic rings. The second-order valence-electron chi connectivity index (χ2n) is 3.60. The molecule has 0 saturated heterocycles. The Morgan fingerprint density at radius 2 is 1.92 bits per heavy atom. The number of carbonyl (C=O) groups is 1. The summed E-state index contributed by atoms with van der Waals surface area (Å²) < 4.78 is 0.578. The Balaban J connectivity index is 0. The summed E-state index contributed by atoms with van der Waals surface area (Å²) >= 11 is 0. The predicted molar refractivity (Wildman–Crippen MR) is 43.0 cm³/mol. The van der Waals surface area contributed by atoms with E-state index >= 15 is 0 Å². The Labute approximate surface area is 90.5 Å². The third-order valence-corrected chi connectivity index (χ3v) is 1.27. The zero-order valence-electron chi connectivity index (χ0n) is 7.97. The molecule has 0 aromatic carbocycles. The smallest absolute Gasteiger partial charge is 0.254 e. The minimum atomic E-state index is -0.903. The summed E-state index contributed by atoms with van der Waals surface area (Å²) in [6.07, 6.45) is -0.903. The lowest BCUT2D eigenvalue weighted by molar-refractivity contribution is -0.872. The molecular weight excluding hydrogens is 271 g/mol. The quantitative estimate of drug-likeness (QED) is 0.409. The highest BCUT2D eigenvalue weighted by atomic mass is 127. The molecule has 1 atom stereocenters. The van der Waals surface area contributed by atoms with Crippen molar-refractivity contribution in [3.63, 3.8) is 0 Å². The molecule has 0 aromatic heterocycles. The normalized spacial score (nSPS) is 13.1. The van der Waals surface area contributed by atoms with E-state index in [4.69, 9.17) is 0 Å². The van der Waals surface area contributed by atoms with E-state index in [1.54, 1.807) is 0 Å². The van der Waals surface area contributed by atoms with Gasteiger partial charge in [0.05, 0.1) is 21.1 Å². The molecule has 0 aliphatic rings. The van der Waals surface area contributed by atoms with Gasteiger partial charge in [0.25, 0.3) is 5.91 Å². The summed E-state index contributed by atoms with van der Waals surface area (Å²) in [4.78, 5) is 10.8. The maximum absolute atomic E-state index is 10.8. The highest BCUT2D eigenvalue weighted by Gasteiger charge is 2.20. The first-order valence-corrected chi connectivity index (χ1v) is 3.57. The van der Waals surface area contributed by atoms with Crippen molar-refractivity contribution in [2.45, 2.75) is 6.10 Å². The van der Waals surface area contributed by atoms with Crippen LogP contribution in [0.4, 0.5) is 0 Å². The Morgan fingerprint density at radius 1 is 1.50 bits per heavy atom. The third-order valence-electron chi connectivity index (χ3n) is 1.27. The number of nitrogens with one attached hydrogen (secondary N) is 1. The molecule has 0 spiro atoms. The van der Waals surface area contributed by atoms with Gasteiger partial charge in [0, 0.05) is 7.05 Å². The first-order valence-electron chi connectivity index (χ1n) is 3.57. The molecule has 12 heavy (non-hydrogen) atoms. The van der Waals surface area contributed by atoms with Gasteiger partial charge in [0.1, 0.15) is 6.54 Å². The average molecular weight is 288 g/mol. The first-order chi connectivity index (χ1) is 4.87. The highest BCUT2D eigenvalue weighted by molar-refractivity contribution is 5.80. The minimum absolute atomic E-state index is 0. The van der Waals surface area contributed by atoms with E-state index in [2.05, 4.69) is 5.32 Å². The van der Waals surface area contributed by atoms with Gasteiger partial charge in [-0.05, 0) is 0 Å². The van der Waals surface area contributed by atoms with Crippen LogP contribution in [0.2, 0.25) is 0 Å². The summed E-state index contributed by atoms with van der Waals surface area (Å²) in [6, 6.07) is 0. The molecule has 0 saturated carbocycles. The van der Waals surface area contributed by atoms with Crippen LogP contribution in [-0.2, 0) is 4.79 Å². The second-order valence-corrected chi connectivity index (χ2v) is 3.60. The number of aliphatic hydroxyl groups is 1. The van der Waals surface area contributed by atoms with Crippen LogP contribution in [-0.4, -0.2) is 56.3 Å². The van der Waals surface area contributed by atoms with Crippen molar-refractivity contribution >= 4 is 5.91 Å². The lowest BCUT2D eigenvalue weighted by Gasteiger charge is -2.25. The number of carbonyl (C=O) groups excluding carboxylic acids is 1. The summed E-state index contributed by atoms with van der Waals surface area (Å²) in [7, 11) is 7.28. The molecule has 0 fully saturated rings. The minimum Gasteiger partial charge on any atom is -1.00 e. The van der Waals surface area contributed by atoms with Crippen LogP contribution in [0.5, 0.6) is 0 Å². The Morgan fingerprint density at radius 3 is 2.17 bits per heavy atom. The topological polar surface area (TPSA) is 49.3 Å². The Bertz CT molecular complexity index is 145. The number of rotatable bonds is 3. The van der Waals surface area contributed by atoms with Crippen LogP contribution in [0.3, 0.4) is 0 Å². The van der Waals surface area contributed by atoms with Crippen LogP contribution in [0.15, 0.2) is 0 Å². The monoisotopic (exact) mass is 288 g/mol. The van der Waals surface area contributed by atoms with Crippen LogP contribution < -0.4 is 29.3 Å². The molecule has 0 rings (SSSR count). The summed E-state index contributed by atoms with van der Waals surface area (Å²) in [5, 5.41) is 11.6. The van der Waals surface area contributed by atoms with Gasteiger partial charge in [0.2, 0.25) is 0 Å². The fourth-order valence-electron chi connectivity index (χ4n) is 0.768. The first kappa shape index (κ1) is 14.6. The van der Waals surface area contributed by atoms with Crippen molar-refractivity contribution in [1.82, 2.24) is 5.32 Å². The number of hydrogen-bond acceptors (Lipinski definition) is 2. The van der Waals surface area contributed by atoms with Crippen LogP contribution in [0.1, 0.15) is 0 Å². The molecule has 1 unspecified atom stereocenters. The van der Waals surface area contributed by atoms with Crippen molar-refractivity contribution < 1.29 is 38.4 Å². The highest BCUT2D eigenvalue weighted by Crippen LogP contribution is 1.94. The van der Waals surface area contributed by atoms with Crippen molar-refractivity contribution in [3.8, 4) is 0 Å². The number of likely N-dealkylation sites (N-methyl/N-ethyl adjacent to an activating group) is 2. The summed E-state index contributed by atoms with van der Waals surface area (Å²) in [6.45, 7) is 0.430. The van der Waals surface area contributed by atoms with Gasteiger partial charge in [-0.25, -0.2) is 0 Å². The Hall–Kier alpha value is 0.120. The fraction of sp³-hybridized carbons (Fsp3) is 0.857. The van der Waals surface area contributed by atoms with Gasteiger partial charge >= 0.3 is 0 Å². The molecule has 0 aliphatic carbocycles. The zero-order chi connectivity index (χ0) is 9.07. The molecule has 0 radical (unpaired) electrons. The lowest BCUT2D eigenvalue weighted by atomic mass is 10.3. The third kappa shape index (κ3) is 6.81. The van der Waals surface area contributed by atoms with Gasteiger partial charge in [-0.1, -0.05) is 0 Å². The maximum Gasteiger partial charge on any atom is 0.254 e. The van der Waals surface area contributed by atoms with Gasteiger partial charge in [-0.3, -0.25) is 4.79 Å². The molecule has 74 valence electrons. The van der Waals surface area contributed by atoms with Gasteiger partial charge in [-0.2, -0.15) is 0 Å². The molecule has 0 heterocycles. The lowest BCUT2D eigenvalue weighted by Crippen LogP contribution is -3.00. The zero-order valence-corrected chi connectivity index (χ0v) is 10.1. The Kier molecular flexibility index (Phi) is 6.97. The van der Waals surface area contributed by atoms with E-state index in [9.17, 15) is 9.90 Å². The molecule has 2 N–H and O–H groups in total. The maximum atomic E-state index is 10.8. The number of hydrogen-bond donors (Lipinski definition) is 2. The van der Waals surface area contributed by atoms with E-state index in [0.717, 1.165) is 0 Å². The summed E-state index contributed by atoms with van der Waals surface area (Å²) in [5.74, 6) is -0.321. The number of nitrogens with zero attached hydrogens (tertiary/aromatic N) is 1. The van der Waals surface area contributed by atoms with Crippen molar-refractivity contribution in [1.29, 1.82) is 0 Å². The van der Waals surface area contributed by atoms with Crippen molar-refractivity contribution in [2.24, 2.45) is 0 Å². The molecule has 0 aliphatic heterocycles. The summed E-state index contributed by atoms with van der Waals surface area (Å²) in [5.41, 5.74) is 0. The van der Waals surface area contributed by atoms with E-state index in [-0.39, 0.29) is 29.9 Å². The number of quaternary nitrogens is 1. The molecule has 1 amide bonds. The van der Waals surface area contributed by atoms with Gasteiger partial charge in [-0.15, -0.1) is 0 Å². The number of halogens is 1. The van der Waals surface area contributed by atoms with E-state index in [0.29, 0.717) is 11.0 Å². The number of aliphatic hydroxyl groups excluding tert-OH is 1. The van der Waals surface area contributed by atoms with Crippen molar-refractivity contribution in [3.05, 3.63) is 0 Å². The van der Waals surface area contributed by atoms with Crippen LogP contribution in [0.25, 0.3) is 0 Å².